The van der Waals surface area contributed by atoms with Crippen molar-refractivity contribution in [3.05, 3.63) is 0 Å². The zero-order valence-corrected chi connectivity index (χ0v) is 16.3. The number of amides is 4. The van der Waals surface area contributed by atoms with Crippen molar-refractivity contribution in [2.45, 2.75) is 89.9 Å². The molecule has 0 aromatic rings. The number of hydrazine groups is 2. The summed E-state index contributed by atoms with van der Waals surface area (Å²) in [5, 5.41) is 2.15. The van der Waals surface area contributed by atoms with Crippen LogP contribution in [0.15, 0.2) is 0 Å². The van der Waals surface area contributed by atoms with Gasteiger partial charge in [-0.25, -0.2) is 21.3 Å². The van der Waals surface area contributed by atoms with E-state index in [9.17, 15) is 9.59 Å². The Kier molecular flexibility index (Phi) is 15.9. The molecular formula is C18H40N6O2. The molecule has 0 atom stereocenters. The third-order valence-corrected chi connectivity index (χ3v) is 4.61. The molecule has 0 spiro atoms. The van der Waals surface area contributed by atoms with Gasteiger partial charge in [0.05, 0.1) is 0 Å². The largest absolute Gasteiger partial charge is 0.350 e. The Morgan fingerprint density at radius 2 is 0.654 bits per heavy atom. The summed E-state index contributed by atoms with van der Waals surface area (Å²) in [4.78, 5) is 21.5. The van der Waals surface area contributed by atoms with Gasteiger partial charge >= 0.3 is 12.1 Å². The Hall–Kier alpha value is -1.54. The van der Waals surface area contributed by atoms with E-state index >= 15 is 0 Å². The maximum absolute atomic E-state index is 10.7. The van der Waals surface area contributed by atoms with Crippen molar-refractivity contribution < 1.29 is 9.59 Å². The molecule has 26 heavy (non-hydrogen) atoms. The van der Waals surface area contributed by atoms with Gasteiger partial charge in [0.2, 0.25) is 0 Å². The fraction of sp³-hybridized carbons (Fsp3) is 0.889. The molecule has 0 saturated heterocycles. The zero-order valence-electron chi connectivity index (χ0n) is 16.3. The summed E-state index contributed by atoms with van der Waals surface area (Å²) in [6.45, 7) is 1.09. The van der Waals surface area contributed by atoms with Crippen LogP contribution >= 0.6 is 0 Å². The molecule has 0 unspecified atom stereocenters. The lowest BCUT2D eigenvalue weighted by molar-refractivity contribution is 0.207. The Morgan fingerprint density at radius 1 is 0.462 bits per heavy atom. The number of nitrogens with zero attached hydrogens (tertiary/aromatic N) is 2. The van der Waals surface area contributed by atoms with Crippen LogP contribution in [0.5, 0.6) is 0 Å². The van der Waals surface area contributed by atoms with Crippen molar-refractivity contribution >= 4 is 12.1 Å². The third-order valence-electron chi connectivity index (χ3n) is 4.61. The van der Waals surface area contributed by atoms with E-state index in [0.29, 0.717) is 13.1 Å². The van der Waals surface area contributed by atoms with E-state index in [1.807, 2.05) is 0 Å². The second-order valence-corrected chi connectivity index (χ2v) is 7.01. The van der Waals surface area contributed by atoms with Crippen LogP contribution in [-0.2, 0) is 0 Å². The lowest BCUT2D eigenvalue weighted by Gasteiger charge is -2.12. The number of urea groups is 2. The van der Waals surface area contributed by atoms with E-state index < -0.39 is 12.1 Å². The highest BCUT2D eigenvalue weighted by atomic mass is 16.2. The minimum absolute atomic E-state index is 0.547. The van der Waals surface area contributed by atoms with Crippen molar-refractivity contribution in [3.63, 3.8) is 0 Å². The van der Waals surface area contributed by atoms with Crippen LogP contribution in [-0.4, -0.2) is 35.2 Å². The zero-order chi connectivity index (χ0) is 19.6. The van der Waals surface area contributed by atoms with Crippen LogP contribution in [0.25, 0.3) is 0 Å². The van der Waals surface area contributed by atoms with Crippen LogP contribution < -0.4 is 23.2 Å². The highest BCUT2D eigenvalue weighted by Crippen LogP contribution is 2.13. The van der Waals surface area contributed by atoms with Crippen LogP contribution in [0.4, 0.5) is 9.59 Å². The standard InChI is InChI=1S/C18H40N6O2/c19-17(25)23(21)15-13-11-9-7-5-3-1-2-4-6-8-10-12-14-16-24(22)18(20)26/h1-16,21-22H2,(H2,19,25)(H2,20,26). The minimum atomic E-state index is -0.560. The van der Waals surface area contributed by atoms with Gasteiger partial charge < -0.3 is 11.5 Å². The maximum Gasteiger partial charge on any atom is 0.328 e. The molecule has 0 aliphatic carbocycles. The van der Waals surface area contributed by atoms with E-state index in [1.165, 1.54) is 64.2 Å². The maximum atomic E-state index is 10.7. The van der Waals surface area contributed by atoms with Crippen molar-refractivity contribution in [2.24, 2.45) is 23.2 Å². The second-order valence-electron chi connectivity index (χ2n) is 7.01. The summed E-state index contributed by atoms with van der Waals surface area (Å²) in [7, 11) is 0. The van der Waals surface area contributed by atoms with E-state index in [4.69, 9.17) is 23.2 Å². The molecule has 8 N–H and O–H groups in total. The molecule has 0 radical (unpaired) electrons. The summed E-state index contributed by atoms with van der Waals surface area (Å²) in [6.07, 6.45) is 16.8. The molecule has 0 saturated carbocycles. The molecule has 154 valence electrons. The van der Waals surface area contributed by atoms with Gasteiger partial charge in [-0.15, -0.1) is 0 Å². The fourth-order valence-corrected chi connectivity index (χ4v) is 2.91. The van der Waals surface area contributed by atoms with E-state index in [1.54, 1.807) is 0 Å². The molecule has 0 aromatic heterocycles. The molecule has 0 aliphatic heterocycles. The Balaban J connectivity index is 3.14. The van der Waals surface area contributed by atoms with Gasteiger partial charge in [-0.1, -0.05) is 77.0 Å². The van der Waals surface area contributed by atoms with Gasteiger partial charge in [-0.2, -0.15) is 0 Å². The Morgan fingerprint density at radius 3 is 0.846 bits per heavy atom. The molecule has 0 aliphatic rings. The normalized spacial score (nSPS) is 10.7. The first-order valence-electron chi connectivity index (χ1n) is 10.1. The molecule has 8 nitrogen and oxygen atoms in total. The van der Waals surface area contributed by atoms with Crippen molar-refractivity contribution in [3.8, 4) is 0 Å². The highest BCUT2D eigenvalue weighted by molar-refractivity contribution is 5.71. The summed E-state index contributed by atoms with van der Waals surface area (Å²) < 4.78 is 0. The molecule has 4 amide bonds. The smallest absolute Gasteiger partial charge is 0.328 e. The van der Waals surface area contributed by atoms with Crippen molar-refractivity contribution in [1.82, 2.24) is 10.0 Å². The Bertz CT molecular complexity index is 334. The molecule has 0 heterocycles. The van der Waals surface area contributed by atoms with Gasteiger partial charge in [-0.05, 0) is 12.8 Å². The van der Waals surface area contributed by atoms with Gasteiger partial charge in [-0.3, -0.25) is 10.0 Å². The van der Waals surface area contributed by atoms with Gasteiger partial charge in [0.25, 0.3) is 0 Å². The number of primary amides is 2. The minimum Gasteiger partial charge on any atom is -0.350 e. The average molecular weight is 373 g/mol. The number of hydrogen-bond acceptors (Lipinski definition) is 4. The predicted octanol–water partition coefficient (Wildman–Crippen LogP) is 2.96. The topological polar surface area (TPSA) is 145 Å². The van der Waals surface area contributed by atoms with Gasteiger partial charge in [0.15, 0.2) is 0 Å². The summed E-state index contributed by atoms with van der Waals surface area (Å²) in [5.41, 5.74) is 10.1. The number of carbonyl (C=O) groups excluding carboxylic acids is 2. The number of carbonyl (C=O) groups is 2. The van der Waals surface area contributed by atoms with Crippen LogP contribution in [0.3, 0.4) is 0 Å². The summed E-state index contributed by atoms with van der Waals surface area (Å²) >= 11 is 0. The van der Waals surface area contributed by atoms with Crippen LogP contribution in [0, 0.1) is 0 Å². The second kappa shape index (κ2) is 16.9. The summed E-state index contributed by atoms with van der Waals surface area (Å²) in [5.74, 6) is 10.9. The number of nitrogens with two attached hydrogens (primary N) is 4. The lowest BCUT2D eigenvalue weighted by atomic mass is 10.0. The monoisotopic (exact) mass is 372 g/mol. The van der Waals surface area contributed by atoms with E-state index in [0.717, 1.165) is 35.7 Å². The number of unbranched alkanes of at least 4 members (excludes halogenated alkanes) is 13. The third kappa shape index (κ3) is 16.0. The first-order chi connectivity index (χ1) is 12.4. The molecule has 0 rings (SSSR count). The van der Waals surface area contributed by atoms with Crippen molar-refractivity contribution in [1.29, 1.82) is 0 Å². The number of rotatable bonds is 17. The fourth-order valence-electron chi connectivity index (χ4n) is 2.91. The van der Waals surface area contributed by atoms with Gasteiger partial charge in [0.1, 0.15) is 0 Å². The highest BCUT2D eigenvalue weighted by Gasteiger charge is 2.03. The van der Waals surface area contributed by atoms with E-state index in [-0.39, 0.29) is 0 Å². The SMILES string of the molecule is NC(=O)N(N)CCCCCCCCCCCCCCCCN(N)C(N)=O. The van der Waals surface area contributed by atoms with Gasteiger partial charge in [0, 0.05) is 13.1 Å². The van der Waals surface area contributed by atoms with E-state index in [2.05, 4.69) is 0 Å². The summed E-state index contributed by atoms with van der Waals surface area (Å²) in [6, 6.07) is -1.12. The predicted molar refractivity (Wildman–Crippen MR) is 106 cm³/mol. The molecule has 0 bridgehead atoms. The van der Waals surface area contributed by atoms with Crippen molar-refractivity contribution in [2.75, 3.05) is 13.1 Å². The number of hydrogen-bond donors (Lipinski definition) is 4. The molecule has 8 heteroatoms. The first-order valence-corrected chi connectivity index (χ1v) is 10.1. The lowest BCUT2D eigenvalue weighted by Crippen LogP contribution is -2.41. The van der Waals surface area contributed by atoms with Crippen LogP contribution in [0.1, 0.15) is 89.9 Å². The molecular weight excluding hydrogens is 332 g/mol. The quantitative estimate of drug-likeness (QED) is 0.135. The Labute approximate surface area is 158 Å². The average Bonchev–Trinajstić information content (AvgIpc) is 2.60. The molecule has 0 fully saturated rings. The molecule has 0 aromatic carbocycles. The van der Waals surface area contributed by atoms with Crippen LogP contribution in [0.2, 0.25) is 0 Å². The first kappa shape index (κ1) is 24.5.